The molecule has 1 aliphatic rings. The van der Waals surface area contributed by atoms with Gasteiger partial charge in [0.2, 0.25) is 0 Å². The van der Waals surface area contributed by atoms with E-state index >= 15 is 0 Å². The minimum absolute atomic E-state index is 0.436. The van der Waals surface area contributed by atoms with E-state index in [9.17, 15) is 0 Å². The van der Waals surface area contributed by atoms with E-state index in [1.165, 1.54) is 0 Å². The average molecular weight is 218 g/mol. The van der Waals surface area contributed by atoms with Crippen molar-refractivity contribution in [3.8, 4) is 0 Å². The molecule has 0 saturated carbocycles. The first-order valence-electron chi connectivity index (χ1n) is 4.04. The highest BCUT2D eigenvalue weighted by molar-refractivity contribution is 6.35. The van der Waals surface area contributed by atoms with Crippen molar-refractivity contribution >= 4 is 29.0 Å². The van der Waals surface area contributed by atoms with Gasteiger partial charge in [0.05, 0.1) is 16.1 Å². The van der Waals surface area contributed by atoms with Crippen molar-refractivity contribution in [2.75, 3.05) is 18.4 Å². The number of rotatable bonds is 2. The second kappa shape index (κ2) is 3.70. The first-order chi connectivity index (χ1) is 6.25. The number of nitrogens with zero attached hydrogens (tertiary/aromatic N) is 1. The van der Waals surface area contributed by atoms with Gasteiger partial charge in [-0.3, -0.25) is 0 Å². The maximum absolute atomic E-state index is 5.92. The van der Waals surface area contributed by atoms with Crippen LogP contribution in [-0.4, -0.2) is 24.1 Å². The van der Waals surface area contributed by atoms with Gasteiger partial charge in [0.1, 0.15) is 5.82 Å². The van der Waals surface area contributed by atoms with E-state index in [1.54, 1.807) is 12.3 Å². The summed E-state index contributed by atoms with van der Waals surface area (Å²) in [5.74, 6) is 0.706. The molecule has 2 N–H and O–H groups in total. The molecule has 2 heterocycles. The Labute approximate surface area is 86.4 Å². The quantitative estimate of drug-likeness (QED) is 0.794. The number of anilines is 1. The Morgan fingerprint density at radius 1 is 1.46 bits per heavy atom. The maximum atomic E-state index is 5.92. The summed E-state index contributed by atoms with van der Waals surface area (Å²) in [4.78, 5) is 4.10. The van der Waals surface area contributed by atoms with Crippen molar-refractivity contribution < 1.29 is 0 Å². The number of hydrogen-bond donors (Lipinski definition) is 2. The van der Waals surface area contributed by atoms with Crippen molar-refractivity contribution in [1.29, 1.82) is 0 Å². The minimum atomic E-state index is 0.436. The van der Waals surface area contributed by atoms with Crippen molar-refractivity contribution in [3.05, 3.63) is 22.3 Å². The molecule has 5 heteroatoms. The predicted octanol–water partition coefficient (Wildman–Crippen LogP) is 1.77. The third kappa shape index (κ3) is 2.05. The second-order valence-electron chi connectivity index (χ2n) is 2.98. The minimum Gasteiger partial charge on any atom is -0.364 e. The molecule has 0 unspecified atom stereocenters. The van der Waals surface area contributed by atoms with E-state index < -0.39 is 0 Å². The second-order valence-corrected chi connectivity index (χ2v) is 3.83. The van der Waals surface area contributed by atoms with Crippen LogP contribution in [0.3, 0.4) is 0 Å². The zero-order chi connectivity index (χ0) is 9.26. The van der Waals surface area contributed by atoms with Crippen molar-refractivity contribution in [3.63, 3.8) is 0 Å². The zero-order valence-corrected chi connectivity index (χ0v) is 8.36. The van der Waals surface area contributed by atoms with Gasteiger partial charge >= 0.3 is 0 Å². The summed E-state index contributed by atoms with van der Waals surface area (Å²) in [5.41, 5.74) is 0. The Morgan fingerprint density at radius 3 is 2.77 bits per heavy atom. The molecule has 0 radical (unpaired) electrons. The molecule has 0 spiro atoms. The zero-order valence-electron chi connectivity index (χ0n) is 6.85. The summed E-state index contributed by atoms with van der Waals surface area (Å²) in [5, 5.41) is 7.49. The molecular weight excluding hydrogens is 209 g/mol. The molecule has 1 fully saturated rings. The number of halogens is 2. The van der Waals surface area contributed by atoms with Crippen LogP contribution in [0.2, 0.25) is 10.0 Å². The van der Waals surface area contributed by atoms with E-state index in [4.69, 9.17) is 23.2 Å². The standard InChI is InChI=1S/C8H9Cl2N3/c9-5-1-7(10)8(12-2-5)13-6-3-11-4-6/h1-2,6,11H,3-4H2,(H,12,13). The number of hydrogen-bond acceptors (Lipinski definition) is 3. The van der Waals surface area contributed by atoms with Gasteiger partial charge in [-0.1, -0.05) is 23.2 Å². The molecule has 0 atom stereocenters. The fourth-order valence-corrected chi connectivity index (χ4v) is 1.54. The highest BCUT2D eigenvalue weighted by Crippen LogP contribution is 2.23. The largest absolute Gasteiger partial charge is 0.364 e. The third-order valence-corrected chi connectivity index (χ3v) is 2.42. The normalized spacial score (nSPS) is 16.8. The smallest absolute Gasteiger partial charge is 0.145 e. The molecule has 0 amide bonds. The predicted molar refractivity (Wildman–Crippen MR) is 54.5 cm³/mol. The Hall–Kier alpha value is -0.510. The van der Waals surface area contributed by atoms with Crippen LogP contribution in [-0.2, 0) is 0 Å². The molecule has 0 aliphatic carbocycles. The van der Waals surface area contributed by atoms with Gasteiger partial charge in [0.15, 0.2) is 0 Å². The van der Waals surface area contributed by atoms with Crippen LogP contribution in [0.15, 0.2) is 12.3 Å². The van der Waals surface area contributed by atoms with E-state index in [0.29, 0.717) is 21.9 Å². The number of aromatic nitrogens is 1. The van der Waals surface area contributed by atoms with Crippen molar-refractivity contribution in [2.45, 2.75) is 6.04 Å². The van der Waals surface area contributed by atoms with E-state index in [2.05, 4.69) is 15.6 Å². The fourth-order valence-electron chi connectivity index (χ4n) is 1.10. The van der Waals surface area contributed by atoms with E-state index in [1.807, 2.05) is 0 Å². The summed E-state index contributed by atoms with van der Waals surface area (Å²) in [6, 6.07) is 2.12. The highest BCUT2D eigenvalue weighted by atomic mass is 35.5. The molecule has 1 aromatic heterocycles. The van der Waals surface area contributed by atoms with Gasteiger partial charge in [-0.25, -0.2) is 4.98 Å². The van der Waals surface area contributed by atoms with Crippen molar-refractivity contribution in [1.82, 2.24) is 10.3 Å². The van der Waals surface area contributed by atoms with Gasteiger partial charge in [-0.05, 0) is 6.07 Å². The van der Waals surface area contributed by atoms with Crippen LogP contribution < -0.4 is 10.6 Å². The molecular formula is C8H9Cl2N3. The lowest BCUT2D eigenvalue weighted by Gasteiger charge is -2.28. The van der Waals surface area contributed by atoms with Gasteiger partial charge in [-0.2, -0.15) is 0 Å². The Morgan fingerprint density at radius 2 is 2.23 bits per heavy atom. The lowest BCUT2D eigenvalue weighted by molar-refractivity contribution is 0.471. The summed E-state index contributed by atoms with van der Waals surface area (Å²) in [6.45, 7) is 1.92. The van der Waals surface area contributed by atoms with Gasteiger partial charge in [0, 0.05) is 19.3 Å². The fraction of sp³-hybridized carbons (Fsp3) is 0.375. The number of pyridine rings is 1. The van der Waals surface area contributed by atoms with Gasteiger partial charge in [0.25, 0.3) is 0 Å². The summed E-state index contributed by atoms with van der Waals surface area (Å²) >= 11 is 11.6. The molecule has 1 aromatic rings. The van der Waals surface area contributed by atoms with Gasteiger partial charge in [-0.15, -0.1) is 0 Å². The molecule has 1 saturated heterocycles. The summed E-state index contributed by atoms with van der Waals surface area (Å²) in [6.07, 6.45) is 1.59. The summed E-state index contributed by atoms with van der Waals surface area (Å²) < 4.78 is 0. The Bertz CT molecular complexity index is 312. The van der Waals surface area contributed by atoms with Crippen molar-refractivity contribution in [2.24, 2.45) is 0 Å². The topological polar surface area (TPSA) is 37.0 Å². The highest BCUT2D eigenvalue weighted by Gasteiger charge is 2.17. The molecule has 3 nitrogen and oxygen atoms in total. The SMILES string of the molecule is Clc1cnc(NC2CNC2)c(Cl)c1. The van der Waals surface area contributed by atoms with E-state index in [-0.39, 0.29) is 0 Å². The molecule has 1 aliphatic heterocycles. The van der Waals surface area contributed by atoms with Crippen LogP contribution in [0.25, 0.3) is 0 Å². The molecule has 70 valence electrons. The van der Waals surface area contributed by atoms with Crippen LogP contribution in [0, 0.1) is 0 Å². The number of nitrogens with one attached hydrogen (secondary N) is 2. The first kappa shape index (κ1) is 9.06. The Balaban J connectivity index is 2.10. The third-order valence-electron chi connectivity index (χ3n) is 1.93. The lowest BCUT2D eigenvalue weighted by Crippen LogP contribution is -2.51. The monoisotopic (exact) mass is 217 g/mol. The maximum Gasteiger partial charge on any atom is 0.145 e. The summed E-state index contributed by atoms with van der Waals surface area (Å²) in [7, 11) is 0. The Kier molecular flexibility index (Phi) is 2.58. The van der Waals surface area contributed by atoms with E-state index in [0.717, 1.165) is 13.1 Å². The van der Waals surface area contributed by atoms with Crippen LogP contribution in [0.4, 0.5) is 5.82 Å². The first-order valence-corrected chi connectivity index (χ1v) is 4.79. The van der Waals surface area contributed by atoms with Gasteiger partial charge < -0.3 is 10.6 Å². The lowest BCUT2D eigenvalue weighted by atomic mass is 10.2. The molecule has 2 rings (SSSR count). The molecule has 13 heavy (non-hydrogen) atoms. The van der Waals surface area contributed by atoms with Crippen LogP contribution >= 0.6 is 23.2 Å². The molecule has 0 aromatic carbocycles. The molecule has 0 bridgehead atoms. The average Bonchev–Trinajstić information content (AvgIpc) is 1.99. The van der Waals surface area contributed by atoms with Crippen LogP contribution in [0.1, 0.15) is 0 Å². The van der Waals surface area contributed by atoms with Crippen LogP contribution in [0.5, 0.6) is 0 Å².